The van der Waals surface area contributed by atoms with E-state index >= 15 is 0 Å². The van der Waals surface area contributed by atoms with Crippen LogP contribution in [0.1, 0.15) is 24.1 Å². The van der Waals surface area contributed by atoms with Crippen molar-refractivity contribution in [1.82, 2.24) is 15.5 Å². The molecule has 0 spiro atoms. The number of rotatable bonds is 2. The zero-order chi connectivity index (χ0) is 12.5. The molecule has 2 heterocycles. The van der Waals surface area contributed by atoms with Crippen molar-refractivity contribution in [3.8, 4) is 0 Å². The standard InChI is InChI=1S/C10H14F3N3O/c11-10(12,13)8-7(5-15-16-8)4-9(17)2-1-3-14-6-9/h5,14,17H,1-4,6H2,(H,15,16). The lowest BCUT2D eigenvalue weighted by Gasteiger charge is -2.32. The van der Waals surface area contributed by atoms with Gasteiger partial charge in [-0.2, -0.15) is 18.3 Å². The Morgan fingerprint density at radius 2 is 2.24 bits per heavy atom. The van der Waals surface area contributed by atoms with Gasteiger partial charge in [-0.3, -0.25) is 5.10 Å². The normalized spacial score (nSPS) is 26.1. The third-order valence-corrected chi connectivity index (χ3v) is 2.97. The number of aromatic nitrogens is 2. The highest BCUT2D eigenvalue weighted by Gasteiger charge is 2.38. The van der Waals surface area contributed by atoms with Crippen molar-refractivity contribution in [3.05, 3.63) is 17.5 Å². The molecule has 1 unspecified atom stereocenters. The van der Waals surface area contributed by atoms with E-state index in [0.29, 0.717) is 13.0 Å². The lowest BCUT2D eigenvalue weighted by molar-refractivity contribution is -0.142. The number of piperidine rings is 1. The number of nitrogens with zero attached hydrogens (tertiary/aromatic N) is 1. The van der Waals surface area contributed by atoms with Gasteiger partial charge in [0.2, 0.25) is 0 Å². The van der Waals surface area contributed by atoms with Crippen LogP contribution in [0.2, 0.25) is 0 Å². The highest BCUT2D eigenvalue weighted by atomic mass is 19.4. The van der Waals surface area contributed by atoms with Crippen molar-refractivity contribution in [2.75, 3.05) is 13.1 Å². The molecule has 96 valence electrons. The van der Waals surface area contributed by atoms with Crippen LogP contribution in [-0.2, 0) is 12.6 Å². The average Bonchev–Trinajstić information content (AvgIpc) is 2.65. The van der Waals surface area contributed by atoms with Gasteiger partial charge in [0.25, 0.3) is 0 Å². The molecule has 4 nitrogen and oxygen atoms in total. The van der Waals surface area contributed by atoms with Crippen molar-refractivity contribution in [2.45, 2.75) is 31.0 Å². The summed E-state index contributed by atoms with van der Waals surface area (Å²) in [5, 5.41) is 18.5. The van der Waals surface area contributed by atoms with Crippen LogP contribution in [0.4, 0.5) is 13.2 Å². The summed E-state index contributed by atoms with van der Waals surface area (Å²) in [6.45, 7) is 1.11. The van der Waals surface area contributed by atoms with Gasteiger partial charge in [0.05, 0.1) is 11.8 Å². The molecule has 1 fully saturated rings. The van der Waals surface area contributed by atoms with Gasteiger partial charge in [-0.1, -0.05) is 0 Å². The van der Waals surface area contributed by atoms with Crippen molar-refractivity contribution < 1.29 is 18.3 Å². The Balaban J connectivity index is 2.16. The number of aromatic amines is 1. The van der Waals surface area contributed by atoms with Gasteiger partial charge in [-0.05, 0) is 19.4 Å². The van der Waals surface area contributed by atoms with Gasteiger partial charge in [0.1, 0.15) is 5.69 Å². The smallest absolute Gasteiger partial charge is 0.388 e. The third-order valence-electron chi connectivity index (χ3n) is 2.97. The van der Waals surface area contributed by atoms with Gasteiger partial charge < -0.3 is 10.4 Å². The van der Waals surface area contributed by atoms with Crippen molar-refractivity contribution in [1.29, 1.82) is 0 Å². The molecule has 3 N–H and O–H groups in total. The van der Waals surface area contributed by atoms with Gasteiger partial charge in [-0.15, -0.1) is 0 Å². The first-order valence-electron chi connectivity index (χ1n) is 5.43. The predicted octanol–water partition coefficient (Wildman–Crippen LogP) is 1.09. The monoisotopic (exact) mass is 249 g/mol. The molecule has 1 aromatic heterocycles. The molecular weight excluding hydrogens is 235 g/mol. The van der Waals surface area contributed by atoms with Crippen LogP contribution in [0, 0.1) is 0 Å². The number of nitrogens with one attached hydrogen (secondary N) is 2. The van der Waals surface area contributed by atoms with Crippen LogP contribution in [-0.4, -0.2) is 34.0 Å². The molecule has 1 saturated heterocycles. The van der Waals surface area contributed by atoms with E-state index in [9.17, 15) is 18.3 Å². The molecule has 2 rings (SSSR count). The molecule has 17 heavy (non-hydrogen) atoms. The zero-order valence-electron chi connectivity index (χ0n) is 9.14. The Labute approximate surface area is 96.2 Å². The molecule has 1 aromatic rings. The molecule has 7 heteroatoms. The first kappa shape index (κ1) is 12.4. The first-order chi connectivity index (χ1) is 7.91. The second kappa shape index (κ2) is 4.30. The van der Waals surface area contributed by atoms with E-state index in [1.165, 1.54) is 0 Å². The fourth-order valence-electron chi connectivity index (χ4n) is 2.15. The zero-order valence-corrected chi connectivity index (χ0v) is 9.14. The molecule has 0 bridgehead atoms. The minimum absolute atomic E-state index is 0.0173. The van der Waals surface area contributed by atoms with Crippen LogP contribution in [0.15, 0.2) is 6.20 Å². The molecule has 1 aliphatic rings. The first-order valence-corrected chi connectivity index (χ1v) is 5.43. The van der Waals surface area contributed by atoms with E-state index in [4.69, 9.17) is 0 Å². The number of alkyl halides is 3. The summed E-state index contributed by atoms with van der Waals surface area (Å²) in [7, 11) is 0. The van der Waals surface area contributed by atoms with E-state index in [-0.39, 0.29) is 12.0 Å². The van der Waals surface area contributed by atoms with Gasteiger partial charge in [0.15, 0.2) is 0 Å². The predicted molar refractivity (Wildman–Crippen MR) is 54.3 cm³/mol. The summed E-state index contributed by atoms with van der Waals surface area (Å²) >= 11 is 0. The van der Waals surface area contributed by atoms with Crippen molar-refractivity contribution in [3.63, 3.8) is 0 Å². The van der Waals surface area contributed by atoms with Crippen LogP contribution in [0.3, 0.4) is 0 Å². The lowest BCUT2D eigenvalue weighted by Crippen LogP contribution is -2.47. The molecule has 0 aliphatic carbocycles. The average molecular weight is 249 g/mol. The Morgan fingerprint density at radius 3 is 2.82 bits per heavy atom. The SMILES string of the molecule is OC1(Cc2cn[nH]c2C(F)(F)F)CCCNC1. The Bertz CT molecular complexity index is 382. The molecule has 1 aliphatic heterocycles. The Morgan fingerprint density at radius 1 is 1.47 bits per heavy atom. The van der Waals surface area contributed by atoms with Crippen LogP contribution in [0.25, 0.3) is 0 Å². The summed E-state index contributed by atoms with van der Waals surface area (Å²) in [5.74, 6) is 0. The van der Waals surface area contributed by atoms with E-state index in [1.54, 1.807) is 0 Å². The molecule has 0 aromatic carbocycles. The summed E-state index contributed by atoms with van der Waals surface area (Å²) in [5.41, 5.74) is -1.96. The minimum Gasteiger partial charge on any atom is -0.388 e. The van der Waals surface area contributed by atoms with E-state index in [2.05, 4.69) is 10.4 Å². The van der Waals surface area contributed by atoms with E-state index in [0.717, 1.165) is 19.2 Å². The molecule has 0 saturated carbocycles. The highest BCUT2D eigenvalue weighted by molar-refractivity contribution is 5.22. The summed E-state index contributed by atoms with van der Waals surface area (Å²) < 4.78 is 37.8. The molecular formula is C10H14F3N3O. The topological polar surface area (TPSA) is 60.9 Å². The van der Waals surface area contributed by atoms with Crippen LogP contribution < -0.4 is 5.32 Å². The maximum atomic E-state index is 12.6. The lowest BCUT2D eigenvalue weighted by atomic mass is 9.87. The fourth-order valence-corrected chi connectivity index (χ4v) is 2.15. The van der Waals surface area contributed by atoms with Crippen molar-refractivity contribution >= 4 is 0 Å². The van der Waals surface area contributed by atoms with Crippen LogP contribution in [0.5, 0.6) is 0 Å². The Kier molecular flexibility index (Phi) is 3.13. The third kappa shape index (κ3) is 2.78. The minimum atomic E-state index is -4.45. The molecule has 1 atom stereocenters. The van der Waals surface area contributed by atoms with Crippen molar-refractivity contribution in [2.24, 2.45) is 0 Å². The molecule has 0 amide bonds. The largest absolute Gasteiger partial charge is 0.433 e. The van der Waals surface area contributed by atoms with Crippen LogP contribution >= 0.6 is 0 Å². The highest BCUT2D eigenvalue weighted by Crippen LogP contribution is 2.32. The maximum absolute atomic E-state index is 12.6. The number of hydrogen-bond acceptors (Lipinski definition) is 3. The second-order valence-electron chi connectivity index (χ2n) is 4.45. The number of hydrogen-bond donors (Lipinski definition) is 3. The van der Waals surface area contributed by atoms with E-state index < -0.39 is 17.5 Å². The number of aliphatic hydroxyl groups is 1. The fraction of sp³-hybridized carbons (Fsp3) is 0.700. The summed E-state index contributed by atoms with van der Waals surface area (Å²) in [6.07, 6.45) is -2.09. The van der Waals surface area contributed by atoms with E-state index in [1.807, 2.05) is 5.10 Å². The number of H-pyrrole nitrogens is 1. The van der Waals surface area contributed by atoms with Gasteiger partial charge in [0, 0.05) is 18.5 Å². The summed E-state index contributed by atoms with van der Waals surface area (Å²) in [4.78, 5) is 0. The number of halogens is 3. The second-order valence-corrected chi connectivity index (χ2v) is 4.45. The van der Waals surface area contributed by atoms with Gasteiger partial charge >= 0.3 is 6.18 Å². The molecule has 0 radical (unpaired) electrons. The summed E-state index contributed by atoms with van der Waals surface area (Å²) in [6, 6.07) is 0. The Hall–Kier alpha value is -1.08. The number of β-amino-alcohol motifs (C(OH)–C–C–N with tert-alkyl or cyclic N) is 1. The quantitative estimate of drug-likeness (QED) is 0.735. The van der Waals surface area contributed by atoms with Gasteiger partial charge in [-0.25, -0.2) is 0 Å². The maximum Gasteiger partial charge on any atom is 0.433 e.